The Labute approximate surface area is 293 Å². The van der Waals surface area contributed by atoms with Crippen molar-refractivity contribution >= 4 is 14.4 Å². The molecule has 2 heterocycles. The molecule has 12 heteroatoms. The summed E-state index contributed by atoms with van der Waals surface area (Å²) in [5.74, 6) is 1.20. The van der Waals surface area contributed by atoms with Gasteiger partial charge in [0.2, 0.25) is 6.54 Å². The van der Waals surface area contributed by atoms with Crippen molar-refractivity contribution in [2.24, 2.45) is 11.8 Å². The average molecular weight is 701 g/mol. The van der Waals surface area contributed by atoms with Crippen LogP contribution >= 0.6 is 8.53 Å². The third-order valence-electron chi connectivity index (χ3n) is 8.72. The molecule has 1 aliphatic rings. The van der Waals surface area contributed by atoms with Crippen LogP contribution in [-0.2, 0) is 13.8 Å². The van der Waals surface area contributed by atoms with Crippen molar-refractivity contribution in [1.82, 2.24) is 13.8 Å². The van der Waals surface area contributed by atoms with Gasteiger partial charge in [-0.1, -0.05) is 47.0 Å². The molecule has 1 aromatic heterocycles. The van der Waals surface area contributed by atoms with Crippen LogP contribution < -0.4 is 16.0 Å². The normalized spacial score (nSPS) is 19.1. The molecule has 4 unspecified atom stereocenters. The van der Waals surface area contributed by atoms with Crippen LogP contribution in [0.25, 0.3) is 4.85 Å². The van der Waals surface area contributed by atoms with Crippen molar-refractivity contribution in [3.63, 3.8) is 0 Å². The van der Waals surface area contributed by atoms with Crippen LogP contribution in [0.2, 0.25) is 0 Å². The molecule has 5 atom stereocenters. The van der Waals surface area contributed by atoms with Crippen LogP contribution in [-0.4, -0.2) is 63.8 Å². The van der Waals surface area contributed by atoms with Gasteiger partial charge >= 0.3 is 5.69 Å². The van der Waals surface area contributed by atoms with Gasteiger partial charge in [0, 0.05) is 35.8 Å². The maximum atomic E-state index is 13.8. The molecule has 272 valence electrons. The highest BCUT2D eigenvalue weighted by atomic mass is 31.2. The SMILES string of the molecule is [C-]#[N+]CCOP(O[C@@H]1CC(n2cc(C)c(=O)n(C(=O)c3ccc(OCCC(C)CCCC(C)C)cc3)c2=O)OC1CC)N(C(C)C)C(C)C. The van der Waals surface area contributed by atoms with Gasteiger partial charge in [0.1, 0.15) is 18.6 Å². The largest absolute Gasteiger partial charge is 0.494 e. The van der Waals surface area contributed by atoms with E-state index >= 15 is 0 Å². The van der Waals surface area contributed by atoms with Gasteiger partial charge in [0.25, 0.3) is 20.0 Å². The van der Waals surface area contributed by atoms with Gasteiger partial charge in [-0.25, -0.2) is 16.0 Å². The standard InChI is InChI=1S/C37H57N4O7P/c1-11-32-33(48-49(46-22-20-38-10)41(26(4)5)27(6)7)23-34(47-32)39-24-29(9)35(42)40(37(39)44)36(43)30-15-17-31(18-16-30)45-21-19-28(8)14-12-13-25(2)3/h15-18,24-28,32-34H,11-14,19-23H2,1-9H3/t28?,32?,33-,34?,49?/m1/s1. The van der Waals surface area contributed by atoms with E-state index in [-0.39, 0.29) is 42.5 Å². The predicted molar refractivity (Wildman–Crippen MR) is 194 cm³/mol. The number of carbonyl (C=O) groups is 1. The number of benzene rings is 1. The van der Waals surface area contributed by atoms with E-state index in [1.54, 1.807) is 31.2 Å². The first-order valence-electron chi connectivity index (χ1n) is 17.8. The number of aryl methyl sites for hydroxylation is 1. The molecular weight excluding hydrogens is 643 g/mol. The lowest BCUT2D eigenvalue weighted by atomic mass is 9.98. The summed E-state index contributed by atoms with van der Waals surface area (Å²) in [6.45, 7) is 26.8. The zero-order valence-corrected chi connectivity index (χ0v) is 31.8. The molecule has 0 saturated carbocycles. The minimum atomic E-state index is -1.52. The smallest absolute Gasteiger partial charge is 0.340 e. The highest BCUT2D eigenvalue weighted by Crippen LogP contribution is 2.50. The maximum absolute atomic E-state index is 13.8. The average Bonchev–Trinajstić information content (AvgIpc) is 3.45. The molecule has 0 bridgehead atoms. The summed E-state index contributed by atoms with van der Waals surface area (Å²) >= 11 is 0. The quantitative estimate of drug-likeness (QED) is 0.0839. The highest BCUT2D eigenvalue weighted by molar-refractivity contribution is 7.44. The molecule has 0 N–H and O–H groups in total. The minimum absolute atomic E-state index is 0.130. The highest BCUT2D eigenvalue weighted by Gasteiger charge is 2.41. The number of hydrogen-bond donors (Lipinski definition) is 0. The van der Waals surface area contributed by atoms with Gasteiger partial charge in [-0.3, -0.25) is 14.2 Å². The Morgan fingerprint density at radius 3 is 2.31 bits per heavy atom. The first kappa shape index (κ1) is 40.6. The molecule has 49 heavy (non-hydrogen) atoms. The Hall–Kier alpha value is -2.87. The van der Waals surface area contributed by atoms with Crippen molar-refractivity contribution in [3.8, 4) is 5.75 Å². The van der Waals surface area contributed by atoms with E-state index in [1.165, 1.54) is 30.0 Å². The molecule has 3 rings (SSSR count). The Balaban J connectivity index is 1.77. The minimum Gasteiger partial charge on any atom is -0.494 e. The molecular formula is C37H57N4O7P. The molecule has 0 spiro atoms. The van der Waals surface area contributed by atoms with Crippen LogP contribution in [0, 0.1) is 25.3 Å². The Morgan fingerprint density at radius 2 is 1.71 bits per heavy atom. The summed E-state index contributed by atoms with van der Waals surface area (Å²) in [6, 6.07) is 6.81. The van der Waals surface area contributed by atoms with Crippen LogP contribution in [0.1, 0.15) is 116 Å². The van der Waals surface area contributed by atoms with Gasteiger partial charge in [-0.2, -0.15) is 4.57 Å². The first-order valence-corrected chi connectivity index (χ1v) is 18.9. The molecule has 1 aliphatic heterocycles. The lowest BCUT2D eigenvalue weighted by Gasteiger charge is -2.37. The fraction of sp³-hybridized carbons (Fsp3) is 0.676. The predicted octanol–water partition coefficient (Wildman–Crippen LogP) is 7.60. The molecule has 0 amide bonds. The van der Waals surface area contributed by atoms with Crippen LogP contribution in [0.4, 0.5) is 0 Å². The second kappa shape index (κ2) is 19.5. The lowest BCUT2D eigenvalue weighted by molar-refractivity contribution is -0.0205. The van der Waals surface area contributed by atoms with Crippen molar-refractivity contribution in [2.45, 2.75) is 131 Å². The first-order chi connectivity index (χ1) is 23.3. The van der Waals surface area contributed by atoms with Gasteiger partial charge in [0.15, 0.2) is 0 Å². The van der Waals surface area contributed by atoms with E-state index in [4.69, 9.17) is 25.1 Å². The van der Waals surface area contributed by atoms with Crippen molar-refractivity contribution < 1.29 is 23.3 Å². The van der Waals surface area contributed by atoms with E-state index in [1.807, 2.05) is 6.92 Å². The number of ether oxygens (including phenoxy) is 2. The van der Waals surface area contributed by atoms with Crippen LogP contribution in [0.5, 0.6) is 5.75 Å². The molecule has 0 aliphatic carbocycles. The zero-order chi connectivity index (χ0) is 36.2. The number of carbonyl (C=O) groups excluding carboxylic acids is 1. The summed E-state index contributed by atoms with van der Waals surface area (Å²) in [5, 5.41) is 0. The van der Waals surface area contributed by atoms with E-state index in [0.29, 0.717) is 41.6 Å². The van der Waals surface area contributed by atoms with Crippen LogP contribution in [0.15, 0.2) is 40.1 Å². The zero-order valence-electron chi connectivity index (χ0n) is 30.9. The third-order valence-corrected chi connectivity index (χ3v) is 10.9. The summed E-state index contributed by atoms with van der Waals surface area (Å²) < 4.78 is 29.1. The summed E-state index contributed by atoms with van der Waals surface area (Å²) in [5.41, 5.74) is -0.992. The molecule has 0 radical (unpaired) electrons. The van der Waals surface area contributed by atoms with Gasteiger partial charge in [-0.05, 0) is 83.6 Å². The fourth-order valence-electron chi connectivity index (χ4n) is 6.05. The summed E-state index contributed by atoms with van der Waals surface area (Å²) in [7, 11) is -1.52. The maximum Gasteiger partial charge on any atom is 0.340 e. The van der Waals surface area contributed by atoms with Gasteiger partial charge in [0.05, 0.1) is 18.8 Å². The van der Waals surface area contributed by atoms with Crippen molar-refractivity contribution in [2.75, 3.05) is 19.8 Å². The number of nitrogens with zero attached hydrogens (tertiary/aromatic N) is 4. The Bertz CT molecular complexity index is 1490. The molecule has 2 aromatic rings. The van der Waals surface area contributed by atoms with E-state index in [9.17, 15) is 14.4 Å². The van der Waals surface area contributed by atoms with Crippen LogP contribution in [0.3, 0.4) is 0 Å². The fourth-order valence-corrected chi connectivity index (χ4v) is 7.80. The molecule has 1 saturated heterocycles. The second-order valence-electron chi connectivity index (χ2n) is 14.0. The van der Waals surface area contributed by atoms with Crippen molar-refractivity contribution in [1.29, 1.82) is 0 Å². The van der Waals surface area contributed by atoms with E-state index < -0.39 is 38.0 Å². The number of rotatable bonds is 19. The van der Waals surface area contributed by atoms with Gasteiger partial charge in [-0.15, -0.1) is 0 Å². The summed E-state index contributed by atoms with van der Waals surface area (Å²) in [4.78, 5) is 44.1. The van der Waals surface area contributed by atoms with Gasteiger partial charge < -0.3 is 23.4 Å². The molecule has 1 aromatic carbocycles. The van der Waals surface area contributed by atoms with E-state index in [0.717, 1.165) is 6.42 Å². The second-order valence-corrected chi connectivity index (χ2v) is 15.4. The topological polar surface area (TPSA) is 106 Å². The Kier molecular flexibility index (Phi) is 16.1. The number of aromatic nitrogens is 2. The Morgan fingerprint density at radius 1 is 1.04 bits per heavy atom. The third kappa shape index (κ3) is 11.3. The summed E-state index contributed by atoms with van der Waals surface area (Å²) in [6.07, 6.45) is 5.44. The molecule has 11 nitrogen and oxygen atoms in total. The van der Waals surface area contributed by atoms with E-state index in [2.05, 4.69) is 58.0 Å². The lowest BCUT2D eigenvalue weighted by Crippen LogP contribution is -2.45. The van der Waals surface area contributed by atoms with Crippen molar-refractivity contribution in [3.05, 3.63) is 73.8 Å². The molecule has 1 fully saturated rings. The number of hydrogen-bond acceptors (Lipinski definition) is 8. The monoisotopic (exact) mass is 700 g/mol.